The fraction of sp³-hybridized carbons (Fsp3) is 0.522. The van der Waals surface area contributed by atoms with Crippen LogP contribution in [0.25, 0.3) is 44.2 Å². The predicted molar refractivity (Wildman–Crippen MR) is 221 cm³/mol. The van der Waals surface area contributed by atoms with Crippen LogP contribution in [-0.2, 0) is 19.1 Å². The standard InChI is InChI=1S/C46H58N6O4/c1-27(46(5,6)56-8)43(53)51-21-10-12-39(51)42-47-26-38(50-42)34-18-17-30-23-31(15-16-32(30)24-34)33-19-20-36-37(25-33)49-41(48-36)35-11-9-22-52(40(35)29-13-14-29)44(54)45(3,4)28(2)55-7/h15-20,23-29,35,39-40H,9-14,21-22H2,1-8H3,(H,47,50)(H,48,49). The summed E-state index contributed by atoms with van der Waals surface area (Å²) in [6.07, 6.45) is 7.88. The molecule has 5 atom stereocenters. The molecule has 2 aliphatic heterocycles. The molecule has 2 saturated heterocycles. The molecule has 2 amide bonds. The van der Waals surface area contributed by atoms with Gasteiger partial charge in [0.15, 0.2) is 0 Å². The summed E-state index contributed by atoms with van der Waals surface area (Å²) in [4.78, 5) is 48.9. The van der Waals surface area contributed by atoms with E-state index >= 15 is 0 Å². The third-order valence-corrected chi connectivity index (χ3v) is 13.7. The summed E-state index contributed by atoms with van der Waals surface area (Å²) >= 11 is 0. The number of hydrogen-bond acceptors (Lipinski definition) is 6. The van der Waals surface area contributed by atoms with Gasteiger partial charge in [0.25, 0.3) is 0 Å². The Balaban J connectivity index is 1.00. The van der Waals surface area contributed by atoms with Gasteiger partial charge in [0.05, 0.1) is 52.0 Å². The van der Waals surface area contributed by atoms with E-state index in [1.54, 1.807) is 14.2 Å². The molecule has 10 heteroatoms. The first-order valence-electron chi connectivity index (χ1n) is 20.6. The molecule has 5 unspecified atom stereocenters. The van der Waals surface area contributed by atoms with E-state index in [0.29, 0.717) is 5.92 Å². The van der Waals surface area contributed by atoms with Gasteiger partial charge in [-0.1, -0.05) is 37.3 Å². The molecule has 3 aliphatic rings. The number of ether oxygens (including phenoxy) is 2. The highest BCUT2D eigenvalue weighted by Gasteiger charge is 2.49. The smallest absolute Gasteiger partial charge is 0.231 e. The summed E-state index contributed by atoms with van der Waals surface area (Å²) in [5.74, 6) is 2.56. The number of methoxy groups -OCH3 is 2. The maximum Gasteiger partial charge on any atom is 0.231 e. The van der Waals surface area contributed by atoms with Crippen LogP contribution in [-0.4, -0.2) is 86.6 Å². The minimum absolute atomic E-state index is 0.0683. The Hall–Kier alpha value is -4.54. The van der Waals surface area contributed by atoms with Gasteiger partial charge in [0.2, 0.25) is 11.8 Å². The van der Waals surface area contributed by atoms with Gasteiger partial charge in [-0.15, -0.1) is 0 Å². The number of carbonyl (C=O) groups is 2. The lowest BCUT2D eigenvalue weighted by molar-refractivity contribution is -0.152. The molecule has 5 aromatic rings. The molecular weight excluding hydrogens is 701 g/mol. The van der Waals surface area contributed by atoms with Crippen molar-refractivity contribution in [1.82, 2.24) is 29.7 Å². The first kappa shape index (κ1) is 38.3. The first-order valence-corrected chi connectivity index (χ1v) is 20.6. The summed E-state index contributed by atoms with van der Waals surface area (Å²) in [5.41, 5.74) is 5.11. The Morgan fingerprint density at radius 3 is 2.18 bits per heavy atom. The molecule has 10 nitrogen and oxygen atoms in total. The maximum atomic E-state index is 14.0. The van der Waals surface area contributed by atoms with E-state index in [4.69, 9.17) is 19.4 Å². The molecular formula is C46H58N6O4. The van der Waals surface area contributed by atoms with Crippen molar-refractivity contribution < 1.29 is 19.1 Å². The Morgan fingerprint density at radius 1 is 0.804 bits per heavy atom. The molecule has 3 aromatic carbocycles. The minimum Gasteiger partial charge on any atom is -0.381 e. The number of nitrogens with one attached hydrogen (secondary N) is 2. The second kappa shape index (κ2) is 14.8. The second-order valence-corrected chi connectivity index (χ2v) is 17.7. The summed E-state index contributed by atoms with van der Waals surface area (Å²) in [7, 11) is 3.35. The lowest BCUT2D eigenvalue weighted by Crippen LogP contribution is -2.55. The first-order chi connectivity index (χ1) is 26.8. The number of nitrogens with zero attached hydrogens (tertiary/aromatic N) is 4. The van der Waals surface area contributed by atoms with Crippen LogP contribution >= 0.6 is 0 Å². The van der Waals surface area contributed by atoms with Crippen molar-refractivity contribution in [2.24, 2.45) is 17.3 Å². The number of benzene rings is 3. The molecule has 0 radical (unpaired) electrons. The Bertz CT molecular complexity index is 2250. The average Bonchev–Trinajstić information content (AvgIpc) is 3.54. The fourth-order valence-electron chi connectivity index (χ4n) is 9.08. The number of aromatic amines is 2. The van der Waals surface area contributed by atoms with Gasteiger partial charge in [0, 0.05) is 44.8 Å². The molecule has 296 valence electrons. The molecule has 0 spiro atoms. The number of carbonyl (C=O) groups excluding carboxylic acids is 2. The number of fused-ring (bicyclic) bond motifs is 2. The maximum absolute atomic E-state index is 14.0. The molecule has 1 aliphatic carbocycles. The van der Waals surface area contributed by atoms with Crippen LogP contribution in [0, 0.1) is 17.3 Å². The van der Waals surface area contributed by atoms with E-state index in [0.717, 1.165) is 107 Å². The molecule has 8 rings (SSSR count). The summed E-state index contributed by atoms with van der Waals surface area (Å²) in [6, 6.07) is 19.7. The SMILES string of the molecule is COC(C)C(C)(C)C(=O)N1CCCC(c2nc3ccc(-c4ccc5cc(-c6cnc(C7CCCN7C(=O)C(C)C(C)(C)OC)[nH]6)ccc5c4)cc3[nH]2)C1C1CC1. The van der Waals surface area contributed by atoms with E-state index in [1.807, 2.05) is 52.6 Å². The number of piperidine rings is 1. The normalized spacial score (nSPS) is 21.9. The third kappa shape index (κ3) is 6.93. The quantitative estimate of drug-likeness (QED) is 0.139. The number of H-pyrrole nitrogens is 2. The van der Waals surface area contributed by atoms with Gasteiger partial charge in [-0.25, -0.2) is 9.97 Å². The number of likely N-dealkylation sites (tertiary alicyclic amines) is 2. The van der Waals surface area contributed by atoms with Crippen molar-refractivity contribution in [1.29, 1.82) is 0 Å². The van der Waals surface area contributed by atoms with E-state index in [-0.39, 0.29) is 41.8 Å². The molecule has 0 bridgehead atoms. The Morgan fingerprint density at radius 2 is 1.46 bits per heavy atom. The van der Waals surface area contributed by atoms with Crippen molar-refractivity contribution in [3.63, 3.8) is 0 Å². The third-order valence-electron chi connectivity index (χ3n) is 13.7. The van der Waals surface area contributed by atoms with Crippen molar-refractivity contribution in [3.05, 3.63) is 72.4 Å². The largest absolute Gasteiger partial charge is 0.381 e. The zero-order chi connectivity index (χ0) is 39.5. The van der Waals surface area contributed by atoms with Crippen molar-refractivity contribution in [2.45, 2.75) is 110 Å². The van der Waals surface area contributed by atoms with Gasteiger partial charge in [0.1, 0.15) is 11.6 Å². The van der Waals surface area contributed by atoms with Crippen LogP contribution < -0.4 is 0 Å². The topological polar surface area (TPSA) is 116 Å². The zero-order valence-electron chi connectivity index (χ0n) is 34.3. The van der Waals surface area contributed by atoms with Crippen LogP contribution in [0.5, 0.6) is 0 Å². The van der Waals surface area contributed by atoms with Crippen LogP contribution in [0.2, 0.25) is 0 Å². The van der Waals surface area contributed by atoms with Gasteiger partial charge in [-0.3, -0.25) is 9.59 Å². The second-order valence-electron chi connectivity index (χ2n) is 17.7. The highest BCUT2D eigenvalue weighted by Crippen LogP contribution is 2.47. The van der Waals surface area contributed by atoms with E-state index in [2.05, 4.69) is 69.5 Å². The Labute approximate surface area is 330 Å². The van der Waals surface area contributed by atoms with Crippen LogP contribution in [0.4, 0.5) is 0 Å². The van der Waals surface area contributed by atoms with E-state index in [9.17, 15) is 9.59 Å². The lowest BCUT2D eigenvalue weighted by Gasteiger charge is -2.45. The average molecular weight is 759 g/mol. The fourth-order valence-corrected chi connectivity index (χ4v) is 9.08. The van der Waals surface area contributed by atoms with Gasteiger partial charge < -0.3 is 29.2 Å². The summed E-state index contributed by atoms with van der Waals surface area (Å²) in [5, 5.41) is 2.30. The number of amides is 2. The Kier molecular flexibility index (Phi) is 10.1. The zero-order valence-corrected chi connectivity index (χ0v) is 34.3. The van der Waals surface area contributed by atoms with Crippen LogP contribution in [0.1, 0.15) is 104 Å². The molecule has 56 heavy (non-hydrogen) atoms. The molecule has 2 aromatic heterocycles. The van der Waals surface area contributed by atoms with E-state index in [1.165, 1.54) is 0 Å². The summed E-state index contributed by atoms with van der Waals surface area (Å²) < 4.78 is 11.3. The minimum atomic E-state index is -0.599. The molecule has 3 fully saturated rings. The van der Waals surface area contributed by atoms with E-state index < -0.39 is 11.0 Å². The highest BCUT2D eigenvalue weighted by atomic mass is 16.5. The number of aromatic nitrogens is 4. The highest BCUT2D eigenvalue weighted by molar-refractivity contribution is 5.92. The molecule has 1 saturated carbocycles. The molecule has 4 heterocycles. The number of rotatable bonds is 11. The van der Waals surface area contributed by atoms with Gasteiger partial charge in [-0.2, -0.15) is 0 Å². The van der Waals surface area contributed by atoms with Gasteiger partial charge in [-0.05, 0) is 125 Å². The molecule has 2 N–H and O–H groups in total. The van der Waals surface area contributed by atoms with Crippen LogP contribution in [0.15, 0.2) is 60.8 Å². The number of hydrogen-bond donors (Lipinski definition) is 2. The lowest BCUT2D eigenvalue weighted by atomic mass is 9.80. The van der Waals surface area contributed by atoms with Gasteiger partial charge >= 0.3 is 0 Å². The van der Waals surface area contributed by atoms with Crippen molar-refractivity contribution in [2.75, 3.05) is 27.3 Å². The van der Waals surface area contributed by atoms with Crippen LogP contribution in [0.3, 0.4) is 0 Å². The number of imidazole rings is 2. The monoisotopic (exact) mass is 758 g/mol. The van der Waals surface area contributed by atoms with Crippen molar-refractivity contribution in [3.8, 4) is 22.4 Å². The van der Waals surface area contributed by atoms with Crippen molar-refractivity contribution >= 4 is 33.6 Å². The summed E-state index contributed by atoms with van der Waals surface area (Å²) in [6.45, 7) is 13.4. The predicted octanol–water partition coefficient (Wildman–Crippen LogP) is 9.04.